The second-order valence-electron chi connectivity index (χ2n) is 9.42. The van der Waals surface area contributed by atoms with E-state index in [2.05, 4.69) is 17.6 Å². The average Bonchev–Trinajstić information content (AvgIpc) is 2.85. The van der Waals surface area contributed by atoms with Crippen LogP contribution >= 0.6 is 11.6 Å². The first kappa shape index (κ1) is 30.2. The molecular weight excluding hydrogens is 484 g/mol. The lowest BCUT2D eigenvalue weighted by Crippen LogP contribution is -2.49. The molecule has 1 heterocycles. The molecular formula is C26H43ClN4O5. The summed E-state index contributed by atoms with van der Waals surface area (Å²) >= 11 is 6.21. The molecule has 3 atom stereocenters. The van der Waals surface area contributed by atoms with Crippen molar-refractivity contribution in [3.05, 3.63) is 34.9 Å². The van der Waals surface area contributed by atoms with Gasteiger partial charge in [0.15, 0.2) is 0 Å². The normalized spacial score (nSPS) is 17.3. The zero-order valence-electron chi connectivity index (χ0n) is 21.9. The molecule has 0 unspecified atom stereocenters. The largest absolute Gasteiger partial charge is 0.465 e. The zero-order valence-corrected chi connectivity index (χ0v) is 22.6. The quantitative estimate of drug-likeness (QED) is 0.316. The highest BCUT2D eigenvalue weighted by atomic mass is 35.5. The van der Waals surface area contributed by atoms with Gasteiger partial charge in [0.05, 0.1) is 12.7 Å². The molecule has 1 saturated heterocycles. The molecule has 0 saturated carbocycles. The average molecular weight is 527 g/mol. The topological polar surface area (TPSA) is 103 Å². The Morgan fingerprint density at radius 3 is 2.75 bits per heavy atom. The summed E-state index contributed by atoms with van der Waals surface area (Å²) in [6, 6.07) is 7.41. The molecule has 3 N–H and O–H groups in total. The molecule has 1 aromatic rings. The molecule has 2 rings (SSSR count). The van der Waals surface area contributed by atoms with Gasteiger partial charge >= 0.3 is 12.1 Å². The highest BCUT2D eigenvalue weighted by Gasteiger charge is 2.24. The Labute approximate surface area is 220 Å². The molecule has 1 aliphatic rings. The standard InChI is InChI=1S/C26H43ClN4O5/c1-4-11-31(25(32)29-23(18-28-2)16-20-7-6-14-35-19-20)12-10-24(21-8-5-9-22(27)17-21)36-15-13-30(3)26(33)34/h5,8-9,17,20,23-24,28H,4,6-7,10-16,18-19H2,1-3H3,(H,29,32)(H,33,34)/t20-,23+,24-/m1/s1. The van der Waals surface area contributed by atoms with E-state index in [4.69, 9.17) is 26.2 Å². The van der Waals surface area contributed by atoms with Crippen LogP contribution in [-0.4, -0.2) is 93.2 Å². The van der Waals surface area contributed by atoms with Gasteiger partial charge in [0.1, 0.15) is 0 Å². The maximum atomic E-state index is 13.3. The van der Waals surface area contributed by atoms with Crippen LogP contribution in [0.25, 0.3) is 0 Å². The van der Waals surface area contributed by atoms with E-state index in [9.17, 15) is 9.59 Å². The predicted octanol–water partition coefficient (Wildman–Crippen LogP) is 4.22. The van der Waals surface area contributed by atoms with Gasteiger partial charge in [-0.3, -0.25) is 0 Å². The highest BCUT2D eigenvalue weighted by molar-refractivity contribution is 6.30. The fourth-order valence-electron chi connectivity index (χ4n) is 4.44. The summed E-state index contributed by atoms with van der Waals surface area (Å²) in [5, 5.41) is 16.1. The van der Waals surface area contributed by atoms with Crippen molar-refractivity contribution < 1.29 is 24.2 Å². The maximum Gasteiger partial charge on any atom is 0.407 e. The third kappa shape index (κ3) is 10.9. The number of benzene rings is 1. The summed E-state index contributed by atoms with van der Waals surface area (Å²) in [4.78, 5) is 27.4. The Morgan fingerprint density at radius 1 is 1.31 bits per heavy atom. The van der Waals surface area contributed by atoms with Crippen molar-refractivity contribution >= 4 is 23.7 Å². The number of ether oxygens (including phenoxy) is 2. The van der Waals surface area contributed by atoms with Crippen LogP contribution in [0.2, 0.25) is 5.02 Å². The minimum absolute atomic E-state index is 0.0279. The Bertz CT molecular complexity index is 793. The lowest BCUT2D eigenvalue weighted by Gasteiger charge is -2.31. The number of hydrogen-bond donors (Lipinski definition) is 3. The number of likely N-dealkylation sites (N-methyl/N-ethyl adjacent to an activating group) is 2. The number of carboxylic acid groups (broad SMARTS) is 1. The van der Waals surface area contributed by atoms with E-state index in [0.29, 0.717) is 37.0 Å². The highest BCUT2D eigenvalue weighted by Crippen LogP contribution is 2.25. The smallest absolute Gasteiger partial charge is 0.407 e. The first-order valence-electron chi connectivity index (χ1n) is 12.9. The maximum absolute atomic E-state index is 13.3. The minimum atomic E-state index is -1.00. The van der Waals surface area contributed by atoms with E-state index in [0.717, 1.165) is 44.5 Å². The summed E-state index contributed by atoms with van der Waals surface area (Å²) in [6.45, 7) is 5.97. The Kier molecular flexibility index (Phi) is 13.9. The molecule has 0 spiro atoms. The summed E-state index contributed by atoms with van der Waals surface area (Å²) < 4.78 is 11.7. The molecule has 1 aromatic carbocycles. The van der Waals surface area contributed by atoms with Crippen LogP contribution in [0.3, 0.4) is 0 Å². The molecule has 0 radical (unpaired) electrons. The third-order valence-electron chi connectivity index (χ3n) is 6.39. The number of urea groups is 1. The van der Waals surface area contributed by atoms with Gasteiger partial charge in [-0.05, 0) is 62.8 Å². The molecule has 1 aliphatic heterocycles. The van der Waals surface area contributed by atoms with E-state index < -0.39 is 6.09 Å². The number of nitrogens with one attached hydrogen (secondary N) is 2. The summed E-state index contributed by atoms with van der Waals surface area (Å²) in [5.41, 5.74) is 0.905. The van der Waals surface area contributed by atoms with Crippen LogP contribution < -0.4 is 10.6 Å². The zero-order chi connectivity index (χ0) is 26.3. The van der Waals surface area contributed by atoms with Gasteiger partial charge in [0.2, 0.25) is 0 Å². The van der Waals surface area contributed by atoms with Crippen molar-refractivity contribution in [1.82, 2.24) is 20.4 Å². The van der Waals surface area contributed by atoms with Crippen molar-refractivity contribution in [3.8, 4) is 0 Å². The van der Waals surface area contributed by atoms with Crippen molar-refractivity contribution in [2.24, 2.45) is 5.92 Å². The van der Waals surface area contributed by atoms with Crippen LogP contribution in [-0.2, 0) is 9.47 Å². The fourth-order valence-corrected chi connectivity index (χ4v) is 4.64. The number of carbonyl (C=O) groups excluding carboxylic acids is 1. The molecule has 3 amide bonds. The van der Waals surface area contributed by atoms with Crippen molar-refractivity contribution in [1.29, 1.82) is 0 Å². The first-order chi connectivity index (χ1) is 17.3. The van der Waals surface area contributed by atoms with Gasteiger partial charge in [-0.2, -0.15) is 0 Å². The van der Waals surface area contributed by atoms with Gasteiger partial charge in [-0.25, -0.2) is 9.59 Å². The first-order valence-corrected chi connectivity index (χ1v) is 13.3. The minimum Gasteiger partial charge on any atom is -0.465 e. The van der Waals surface area contributed by atoms with E-state index in [1.807, 2.05) is 30.1 Å². The van der Waals surface area contributed by atoms with Crippen LogP contribution in [0.15, 0.2) is 24.3 Å². The van der Waals surface area contributed by atoms with E-state index in [1.54, 1.807) is 6.07 Å². The molecule has 0 bridgehead atoms. The van der Waals surface area contributed by atoms with Crippen molar-refractivity contribution in [2.75, 3.05) is 60.1 Å². The van der Waals surface area contributed by atoms with Crippen LogP contribution in [0.1, 0.15) is 50.7 Å². The van der Waals surface area contributed by atoms with Gasteiger partial charge < -0.3 is 35.0 Å². The number of rotatable bonds is 15. The molecule has 1 fully saturated rings. The predicted molar refractivity (Wildman–Crippen MR) is 142 cm³/mol. The molecule has 204 valence electrons. The van der Waals surface area contributed by atoms with E-state index in [1.165, 1.54) is 11.9 Å². The van der Waals surface area contributed by atoms with E-state index >= 15 is 0 Å². The second-order valence-corrected chi connectivity index (χ2v) is 9.85. The summed E-state index contributed by atoms with van der Waals surface area (Å²) in [5.74, 6) is 0.460. The third-order valence-corrected chi connectivity index (χ3v) is 6.62. The number of hydrogen-bond acceptors (Lipinski definition) is 5. The van der Waals surface area contributed by atoms with Crippen molar-refractivity contribution in [2.45, 2.75) is 51.2 Å². The van der Waals surface area contributed by atoms with Crippen LogP contribution in [0.5, 0.6) is 0 Å². The van der Waals surface area contributed by atoms with E-state index in [-0.39, 0.29) is 31.3 Å². The second kappa shape index (κ2) is 16.6. The van der Waals surface area contributed by atoms with Crippen molar-refractivity contribution in [3.63, 3.8) is 0 Å². The lowest BCUT2D eigenvalue weighted by atomic mass is 9.94. The molecule has 0 aromatic heterocycles. The molecule has 36 heavy (non-hydrogen) atoms. The van der Waals surface area contributed by atoms with Gasteiger partial charge in [0, 0.05) is 57.5 Å². The number of nitrogens with zero attached hydrogens (tertiary/aromatic N) is 2. The monoisotopic (exact) mass is 526 g/mol. The van der Waals surface area contributed by atoms with Crippen LogP contribution in [0, 0.1) is 5.92 Å². The summed E-state index contributed by atoms with van der Waals surface area (Å²) in [6.07, 6.45) is 3.18. The Hall–Kier alpha value is -2.07. The van der Waals surface area contributed by atoms with Gasteiger partial charge in [-0.15, -0.1) is 0 Å². The SMILES string of the molecule is CCCN(CC[C@@H](OCCN(C)C(=O)O)c1cccc(Cl)c1)C(=O)N[C@H](CNC)C[C@H]1CCCOC1. The number of halogens is 1. The molecule has 9 nitrogen and oxygen atoms in total. The fraction of sp³-hybridized carbons (Fsp3) is 0.692. The van der Waals surface area contributed by atoms with Crippen LogP contribution in [0.4, 0.5) is 9.59 Å². The molecule has 10 heteroatoms. The Balaban J connectivity index is 2.01. The lowest BCUT2D eigenvalue weighted by molar-refractivity contribution is 0.0306. The van der Waals surface area contributed by atoms with Gasteiger partial charge in [-0.1, -0.05) is 30.7 Å². The summed E-state index contributed by atoms with van der Waals surface area (Å²) in [7, 11) is 3.41. The van der Waals surface area contributed by atoms with Gasteiger partial charge in [0.25, 0.3) is 0 Å². The number of carbonyl (C=O) groups is 2. The Morgan fingerprint density at radius 2 is 2.11 bits per heavy atom. The molecule has 0 aliphatic carbocycles. The number of amides is 3.